The van der Waals surface area contributed by atoms with Gasteiger partial charge in [0.05, 0.1) is 5.56 Å². The summed E-state index contributed by atoms with van der Waals surface area (Å²) in [6.07, 6.45) is -1.02. The van der Waals surface area contributed by atoms with E-state index in [4.69, 9.17) is 9.47 Å². The Morgan fingerprint density at radius 2 is 1.46 bits per heavy atom. The number of para-hydroxylation sites is 1. The third-order valence-corrected chi connectivity index (χ3v) is 3.83. The number of hydrogen-bond donors (Lipinski definition) is 1. The van der Waals surface area contributed by atoms with Gasteiger partial charge in [-0.15, -0.1) is 0 Å². The summed E-state index contributed by atoms with van der Waals surface area (Å²) in [5.74, 6) is -0.289. The SMILES string of the molecule is C[C@H](OC(=O)c1ccc(Oc2ccccc2)cc1)C(=O)Nc1ccc(F)cc1. The molecule has 1 amide bonds. The lowest BCUT2D eigenvalue weighted by molar-refractivity contribution is -0.123. The van der Waals surface area contributed by atoms with Gasteiger partial charge < -0.3 is 14.8 Å². The van der Waals surface area contributed by atoms with Crippen LogP contribution in [0.25, 0.3) is 0 Å². The Hall–Kier alpha value is -3.67. The lowest BCUT2D eigenvalue weighted by atomic mass is 10.2. The molecule has 1 N–H and O–H groups in total. The molecule has 0 radical (unpaired) electrons. The summed E-state index contributed by atoms with van der Waals surface area (Å²) in [5, 5.41) is 2.56. The van der Waals surface area contributed by atoms with Gasteiger partial charge in [0.15, 0.2) is 6.10 Å². The lowest BCUT2D eigenvalue weighted by Gasteiger charge is -2.14. The summed E-state index contributed by atoms with van der Waals surface area (Å²) >= 11 is 0. The van der Waals surface area contributed by atoms with E-state index >= 15 is 0 Å². The third-order valence-electron chi connectivity index (χ3n) is 3.83. The number of carbonyl (C=O) groups is 2. The first-order valence-corrected chi connectivity index (χ1v) is 8.61. The van der Waals surface area contributed by atoms with E-state index in [1.165, 1.54) is 31.2 Å². The van der Waals surface area contributed by atoms with Crippen molar-refractivity contribution in [2.75, 3.05) is 5.32 Å². The van der Waals surface area contributed by atoms with Crippen LogP contribution in [0, 0.1) is 5.82 Å². The van der Waals surface area contributed by atoms with Gasteiger partial charge in [0, 0.05) is 5.69 Å². The zero-order valence-electron chi connectivity index (χ0n) is 15.1. The summed E-state index contributed by atoms with van der Waals surface area (Å²) in [6.45, 7) is 1.46. The minimum atomic E-state index is -1.02. The molecule has 3 aromatic rings. The second-order valence-corrected chi connectivity index (χ2v) is 5.98. The van der Waals surface area contributed by atoms with E-state index in [2.05, 4.69) is 5.32 Å². The van der Waals surface area contributed by atoms with Crippen LogP contribution < -0.4 is 10.1 Å². The maximum Gasteiger partial charge on any atom is 0.338 e. The molecule has 0 aromatic heterocycles. The summed E-state index contributed by atoms with van der Waals surface area (Å²) < 4.78 is 23.8. The smallest absolute Gasteiger partial charge is 0.338 e. The van der Waals surface area contributed by atoms with Crippen LogP contribution in [0.1, 0.15) is 17.3 Å². The first-order valence-electron chi connectivity index (χ1n) is 8.61. The Morgan fingerprint density at radius 3 is 2.11 bits per heavy atom. The van der Waals surface area contributed by atoms with Crippen LogP contribution in [-0.4, -0.2) is 18.0 Å². The molecule has 5 nitrogen and oxygen atoms in total. The highest BCUT2D eigenvalue weighted by Gasteiger charge is 2.19. The standard InChI is InChI=1S/C22H18FNO4/c1-15(21(25)24-18-11-9-17(23)10-12-18)27-22(26)16-7-13-20(14-8-16)28-19-5-3-2-4-6-19/h2-15H,1H3,(H,24,25)/t15-/m0/s1. The highest BCUT2D eigenvalue weighted by Crippen LogP contribution is 2.21. The van der Waals surface area contributed by atoms with Gasteiger partial charge in [0.25, 0.3) is 5.91 Å². The van der Waals surface area contributed by atoms with Gasteiger partial charge in [-0.25, -0.2) is 9.18 Å². The molecule has 0 heterocycles. The van der Waals surface area contributed by atoms with E-state index in [1.807, 2.05) is 30.3 Å². The molecular weight excluding hydrogens is 361 g/mol. The quantitative estimate of drug-likeness (QED) is 0.625. The number of amides is 1. The van der Waals surface area contributed by atoms with E-state index in [1.54, 1.807) is 24.3 Å². The van der Waals surface area contributed by atoms with Crippen molar-refractivity contribution in [3.8, 4) is 11.5 Å². The van der Waals surface area contributed by atoms with Crippen molar-refractivity contribution >= 4 is 17.6 Å². The maximum absolute atomic E-state index is 12.9. The van der Waals surface area contributed by atoms with Gasteiger partial charge >= 0.3 is 5.97 Å². The Balaban J connectivity index is 1.56. The van der Waals surface area contributed by atoms with Gasteiger partial charge in [-0.3, -0.25) is 4.79 Å². The Morgan fingerprint density at radius 1 is 0.857 bits per heavy atom. The fourth-order valence-corrected chi connectivity index (χ4v) is 2.34. The molecule has 0 saturated heterocycles. The van der Waals surface area contributed by atoms with E-state index in [0.29, 0.717) is 22.7 Å². The van der Waals surface area contributed by atoms with Crippen LogP contribution in [0.4, 0.5) is 10.1 Å². The zero-order chi connectivity index (χ0) is 19.9. The number of esters is 1. The molecule has 0 aliphatic carbocycles. The highest BCUT2D eigenvalue weighted by molar-refractivity contribution is 5.97. The highest BCUT2D eigenvalue weighted by atomic mass is 19.1. The predicted molar refractivity (Wildman–Crippen MR) is 103 cm³/mol. The molecule has 6 heteroatoms. The summed E-state index contributed by atoms with van der Waals surface area (Å²) in [5.41, 5.74) is 0.707. The lowest BCUT2D eigenvalue weighted by Crippen LogP contribution is -2.30. The van der Waals surface area contributed by atoms with Crippen LogP contribution in [0.3, 0.4) is 0 Å². The number of nitrogens with one attached hydrogen (secondary N) is 1. The molecular formula is C22H18FNO4. The van der Waals surface area contributed by atoms with Crippen LogP contribution in [-0.2, 0) is 9.53 Å². The fourth-order valence-electron chi connectivity index (χ4n) is 2.34. The van der Waals surface area contributed by atoms with Gasteiger partial charge in [0.1, 0.15) is 17.3 Å². The van der Waals surface area contributed by atoms with Crippen molar-refractivity contribution < 1.29 is 23.5 Å². The number of rotatable bonds is 6. The third kappa shape index (κ3) is 5.17. The molecule has 28 heavy (non-hydrogen) atoms. The average molecular weight is 379 g/mol. The number of anilines is 1. The molecule has 3 rings (SSSR count). The van der Waals surface area contributed by atoms with Crippen molar-refractivity contribution in [1.82, 2.24) is 0 Å². The topological polar surface area (TPSA) is 64.6 Å². The number of hydrogen-bond acceptors (Lipinski definition) is 4. The number of carbonyl (C=O) groups excluding carboxylic acids is 2. The second-order valence-electron chi connectivity index (χ2n) is 5.98. The molecule has 142 valence electrons. The van der Waals surface area contributed by atoms with Gasteiger partial charge in [0.2, 0.25) is 0 Å². The second kappa shape index (κ2) is 8.81. The average Bonchev–Trinajstić information content (AvgIpc) is 2.71. The Kier molecular flexibility index (Phi) is 6.01. The number of halogens is 1. The molecule has 0 aliphatic heterocycles. The van der Waals surface area contributed by atoms with Crippen LogP contribution in [0.2, 0.25) is 0 Å². The van der Waals surface area contributed by atoms with Crippen molar-refractivity contribution in [1.29, 1.82) is 0 Å². The van der Waals surface area contributed by atoms with Crippen LogP contribution in [0.5, 0.6) is 11.5 Å². The van der Waals surface area contributed by atoms with Crippen molar-refractivity contribution in [2.45, 2.75) is 13.0 Å². The first kappa shape index (κ1) is 19.1. The molecule has 0 spiro atoms. The largest absolute Gasteiger partial charge is 0.457 e. The van der Waals surface area contributed by atoms with E-state index in [0.717, 1.165) is 0 Å². The molecule has 0 saturated carbocycles. The zero-order valence-corrected chi connectivity index (χ0v) is 15.1. The molecule has 0 fully saturated rings. The monoisotopic (exact) mass is 379 g/mol. The van der Waals surface area contributed by atoms with Crippen LogP contribution >= 0.6 is 0 Å². The van der Waals surface area contributed by atoms with Crippen molar-refractivity contribution in [3.63, 3.8) is 0 Å². The number of benzene rings is 3. The van der Waals surface area contributed by atoms with Crippen LogP contribution in [0.15, 0.2) is 78.9 Å². The molecule has 3 aromatic carbocycles. The Labute approximate surface area is 161 Å². The van der Waals surface area contributed by atoms with E-state index in [-0.39, 0.29) is 0 Å². The predicted octanol–water partition coefficient (Wildman–Crippen LogP) is 4.80. The fraction of sp³-hybridized carbons (Fsp3) is 0.0909. The summed E-state index contributed by atoms with van der Waals surface area (Å²) in [7, 11) is 0. The normalized spacial score (nSPS) is 11.4. The number of ether oxygens (including phenoxy) is 2. The minimum absolute atomic E-state index is 0.293. The van der Waals surface area contributed by atoms with Gasteiger partial charge in [-0.2, -0.15) is 0 Å². The van der Waals surface area contributed by atoms with E-state index in [9.17, 15) is 14.0 Å². The molecule has 1 atom stereocenters. The van der Waals surface area contributed by atoms with Gasteiger partial charge in [-0.1, -0.05) is 18.2 Å². The first-order chi connectivity index (χ1) is 13.5. The molecule has 0 unspecified atom stereocenters. The maximum atomic E-state index is 12.9. The summed E-state index contributed by atoms with van der Waals surface area (Å²) in [6, 6.07) is 21.0. The molecule has 0 aliphatic rings. The summed E-state index contributed by atoms with van der Waals surface area (Å²) in [4.78, 5) is 24.4. The van der Waals surface area contributed by atoms with Crippen molar-refractivity contribution in [2.24, 2.45) is 0 Å². The molecule has 0 bridgehead atoms. The van der Waals surface area contributed by atoms with Crippen molar-refractivity contribution in [3.05, 3.63) is 90.2 Å². The Bertz CT molecular complexity index is 941. The van der Waals surface area contributed by atoms with E-state index < -0.39 is 23.8 Å². The van der Waals surface area contributed by atoms with Gasteiger partial charge in [-0.05, 0) is 67.6 Å². The minimum Gasteiger partial charge on any atom is -0.457 e.